The maximum Gasteiger partial charge on any atom is 0.201 e. The summed E-state index contributed by atoms with van der Waals surface area (Å²) in [6.45, 7) is 6.42. The average molecular weight is 238 g/mol. The second kappa shape index (κ2) is 3.67. The summed E-state index contributed by atoms with van der Waals surface area (Å²) in [5, 5.41) is 0.709. The zero-order valence-electron chi connectivity index (χ0n) is 9.79. The molecule has 0 atom stereocenters. The molecule has 0 amide bonds. The van der Waals surface area contributed by atoms with Crippen LogP contribution in [0.15, 0.2) is 18.2 Å². The van der Waals surface area contributed by atoms with Gasteiger partial charge in [0, 0.05) is 10.6 Å². The van der Waals surface area contributed by atoms with Crippen LogP contribution in [0.25, 0.3) is 11.0 Å². The van der Waals surface area contributed by atoms with Crippen molar-refractivity contribution in [3.8, 4) is 0 Å². The molecule has 2 aromatic rings. The summed E-state index contributed by atoms with van der Waals surface area (Å²) >= 11 is 6.01. The first kappa shape index (κ1) is 11.3. The van der Waals surface area contributed by atoms with Gasteiger partial charge in [0.25, 0.3) is 0 Å². The molecule has 0 spiro atoms. The maximum atomic E-state index is 6.01. The molecule has 0 radical (unpaired) electrons. The Hall–Kier alpha value is -1.22. The lowest BCUT2D eigenvalue weighted by Crippen LogP contribution is -2.26. The monoisotopic (exact) mass is 237 g/mol. The molecule has 0 unspecified atom stereocenters. The van der Waals surface area contributed by atoms with Crippen LogP contribution in [-0.2, 0) is 5.54 Å². The van der Waals surface area contributed by atoms with Gasteiger partial charge in [-0.15, -0.1) is 0 Å². The molecule has 2 rings (SSSR count). The summed E-state index contributed by atoms with van der Waals surface area (Å²) < 4.78 is 2.05. The van der Waals surface area contributed by atoms with Gasteiger partial charge in [-0.25, -0.2) is 4.98 Å². The molecule has 0 fully saturated rings. The first-order valence-electron chi connectivity index (χ1n) is 5.39. The van der Waals surface area contributed by atoms with Gasteiger partial charge in [0.15, 0.2) is 0 Å². The molecule has 86 valence electrons. The number of nitrogens with two attached hydrogens (primary N) is 1. The summed E-state index contributed by atoms with van der Waals surface area (Å²) in [5.74, 6) is 0.545. The Labute approximate surface area is 100 Å². The molecule has 1 aromatic carbocycles. The van der Waals surface area contributed by atoms with Crippen LogP contribution in [0.4, 0.5) is 5.95 Å². The predicted octanol–water partition coefficient (Wildman–Crippen LogP) is 3.42. The number of halogens is 1. The predicted molar refractivity (Wildman–Crippen MR) is 68.8 cm³/mol. The first-order valence-corrected chi connectivity index (χ1v) is 5.77. The first-order chi connectivity index (χ1) is 7.45. The van der Waals surface area contributed by atoms with E-state index < -0.39 is 0 Å². The van der Waals surface area contributed by atoms with Gasteiger partial charge in [-0.3, -0.25) is 0 Å². The molecule has 16 heavy (non-hydrogen) atoms. The van der Waals surface area contributed by atoms with Crippen LogP contribution in [0.1, 0.15) is 27.2 Å². The molecule has 1 aromatic heterocycles. The molecule has 0 saturated heterocycles. The van der Waals surface area contributed by atoms with E-state index in [1.54, 1.807) is 0 Å². The summed E-state index contributed by atoms with van der Waals surface area (Å²) in [6.07, 6.45) is 0.981. The summed E-state index contributed by atoms with van der Waals surface area (Å²) in [5.41, 5.74) is 7.81. The Kier molecular flexibility index (Phi) is 2.58. The van der Waals surface area contributed by atoms with Crippen molar-refractivity contribution in [2.45, 2.75) is 32.7 Å². The van der Waals surface area contributed by atoms with Crippen molar-refractivity contribution in [1.29, 1.82) is 0 Å². The number of anilines is 1. The molecule has 3 nitrogen and oxygen atoms in total. The van der Waals surface area contributed by atoms with Gasteiger partial charge >= 0.3 is 0 Å². The van der Waals surface area contributed by atoms with Crippen LogP contribution in [0.2, 0.25) is 5.02 Å². The highest BCUT2D eigenvalue weighted by molar-refractivity contribution is 6.31. The number of nitrogens with zero attached hydrogens (tertiary/aromatic N) is 2. The summed E-state index contributed by atoms with van der Waals surface area (Å²) in [7, 11) is 0. The fourth-order valence-electron chi connectivity index (χ4n) is 1.86. The minimum Gasteiger partial charge on any atom is -0.369 e. The van der Waals surface area contributed by atoms with Gasteiger partial charge in [-0.05, 0) is 38.5 Å². The van der Waals surface area contributed by atoms with E-state index in [9.17, 15) is 0 Å². The van der Waals surface area contributed by atoms with Crippen LogP contribution < -0.4 is 5.73 Å². The number of imidazole rings is 1. The minimum atomic E-state index is -0.0521. The van der Waals surface area contributed by atoms with Crippen LogP contribution >= 0.6 is 11.6 Å². The fraction of sp³-hybridized carbons (Fsp3) is 0.417. The zero-order valence-corrected chi connectivity index (χ0v) is 10.5. The third-order valence-electron chi connectivity index (χ3n) is 3.11. The molecule has 1 heterocycles. The van der Waals surface area contributed by atoms with Crippen molar-refractivity contribution >= 4 is 28.6 Å². The molecule has 0 aliphatic heterocycles. The van der Waals surface area contributed by atoms with Crippen LogP contribution in [0, 0.1) is 0 Å². The van der Waals surface area contributed by atoms with Gasteiger partial charge in [0.2, 0.25) is 5.95 Å². The third kappa shape index (κ3) is 1.65. The Balaban J connectivity index is 2.77. The maximum absolute atomic E-state index is 6.01. The molecule has 4 heteroatoms. The van der Waals surface area contributed by atoms with Crippen molar-refractivity contribution in [1.82, 2.24) is 9.55 Å². The lowest BCUT2D eigenvalue weighted by atomic mass is 10.0. The van der Waals surface area contributed by atoms with Crippen molar-refractivity contribution in [3.05, 3.63) is 23.2 Å². The second-order valence-electron chi connectivity index (χ2n) is 4.60. The second-order valence-corrected chi connectivity index (χ2v) is 5.04. The normalized spacial score (nSPS) is 12.2. The van der Waals surface area contributed by atoms with Crippen molar-refractivity contribution in [2.24, 2.45) is 0 Å². The van der Waals surface area contributed by atoms with Crippen molar-refractivity contribution < 1.29 is 0 Å². The minimum absolute atomic E-state index is 0.0521. The van der Waals surface area contributed by atoms with E-state index in [1.807, 2.05) is 22.8 Å². The van der Waals surface area contributed by atoms with Gasteiger partial charge in [0.05, 0.1) is 11.0 Å². The van der Waals surface area contributed by atoms with Gasteiger partial charge in [-0.1, -0.05) is 18.5 Å². The zero-order chi connectivity index (χ0) is 11.9. The van der Waals surface area contributed by atoms with Crippen molar-refractivity contribution in [2.75, 3.05) is 5.73 Å². The highest BCUT2D eigenvalue weighted by atomic mass is 35.5. The quantitative estimate of drug-likeness (QED) is 0.870. The lowest BCUT2D eigenvalue weighted by molar-refractivity contribution is 0.357. The fourth-order valence-corrected chi connectivity index (χ4v) is 2.03. The lowest BCUT2D eigenvalue weighted by Gasteiger charge is -2.26. The number of aromatic nitrogens is 2. The van der Waals surface area contributed by atoms with Crippen LogP contribution in [-0.4, -0.2) is 9.55 Å². The van der Waals surface area contributed by atoms with E-state index >= 15 is 0 Å². The smallest absolute Gasteiger partial charge is 0.201 e. The van der Waals surface area contributed by atoms with Crippen molar-refractivity contribution in [3.63, 3.8) is 0 Å². The van der Waals surface area contributed by atoms with E-state index in [-0.39, 0.29) is 5.54 Å². The number of hydrogen-bond donors (Lipinski definition) is 1. The SMILES string of the molecule is CCC(C)(C)n1c(N)nc2ccc(Cl)cc21. The molecular formula is C12H16ClN3. The standard InChI is InChI=1S/C12H16ClN3/c1-4-12(2,3)16-10-7-8(13)5-6-9(10)15-11(16)14/h5-7H,4H2,1-3H3,(H2,14,15). The van der Waals surface area contributed by atoms with E-state index in [1.165, 1.54) is 0 Å². The summed E-state index contributed by atoms with van der Waals surface area (Å²) in [4.78, 5) is 4.35. The van der Waals surface area contributed by atoms with Gasteiger partial charge in [-0.2, -0.15) is 0 Å². The Morgan fingerprint density at radius 3 is 2.75 bits per heavy atom. The van der Waals surface area contributed by atoms with E-state index in [4.69, 9.17) is 17.3 Å². The number of rotatable bonds is 2. The van der Waals surface area contributed by atoms with Crippen LogP contribution in [0.5, 0.6) is 0 Å². The molecule has 2 N–H and O–H groups in total. The molecule has 0 saturated carbocycles. The molecule has 0 aliphatic carbocycles. The number of benzene rings is 1. The Bertz CT molecular complexity index is 528. The average Bonchev–Trinajstić information content (AvgIpc) is 2.54. The van der Waals surface area contributed by atoms with E-state index in [0.29, 0.717) is 11.0 Å². The third-order valence-corrected chi connectivity index (χ3v) is 3.35. The van der Waals surface area contributed by atoms with E-state index in [2.05, 4.69) is 25.8 Å². The molecule has 0 aliphatic rings. The molecule has 0 bridgehead atoms. The Morgan fingerprint density at radius 2 is 2.12 bits per heavy atom. The topological polar surface area (TPSA) is 43.8 Å². The summed E-state index contributed by atoms with van der Waals surface area (Å²) in [6, 6.07) is 5.65. The van der Waals surface area contributed by atoms with E-state index in [0.717, 1.165) is 17.5 Å². The highest BCUT2D eigenvalue weighted by Crippen LogP contribution is 2.30. The number of fused-ring (bicyclic) bond motifs is 1. The highest BCUT2D eigenvalue weighted by Gasteiger charge is 2.23. The largest absolute Gasteiger partial charge is 0.369 e. The molecular weight excluding hydrogens is 222 g/mol. The van der Waals surface area contributed by atoms with Crippen LogP contribution in [0.3, 0.4) is 0 Å². The number of nitrogen functional groups attached to an aromatic ring is 1. The number of hydrogen-bond acceptors (Lipinski definition) is 2. The Morgan fingerprint density at radius 1 is 1.44 bits per heavy atom. The van der Waals surface area contributed by atoms with Gasteiger partial charge in [0.1, 0.15) is 0 Å². The van der Waals surface area contributed by atoms with Gasteiger partial charge < -0.3 is 10.3 Å².